The van der Waals surface area contributed by atoms with Crippen molar-refractivity contribution in [2.24, 2.45) is 17.6 Å². The van der Waals surface area contributed by atoms with Gasteiger partial charge in [-0.1, -0.05) is 0 Å². The van der Waals surface area contributed by atoms with Gasteiger partial charge in [-0.2, -0.15) is 0 Å². The van der Waals surface area contributed by atoms with Crippen LogP contribution < -0.4 is 5.73 Å². The van der Waals surface area contributed by atoms with Crippen LogP contribution in [0.1, 0.15) is 25.7 Å². The average Bonchev–Trinajstić information content (AvgIpc) is 2.38. The summed E-state index contributed by atoms with van der Waals surface area (Å²) in [6, 6.07) is 0. The van der Waals surface area contributed by atoms with Crippen molar-refractivity contribution in [2.45, 2.75) is 25.7 Å². The first-order valence-corrected chi connectivity index (χ1v) is 9.21. The molecule has 2 unspecified atom stereocenters. The molecule has 7 heteroatoms. The van der Waals surface area contributed by atoms with E-state index in [1.54, 1.807) is 4.31 Å². The predicted molar refractivity (Wildman–Crippen MR) is 84.6 cm³/mol. The van der Waals surface area contributed by atoms with Crippen molar-refractivity contribution in [3.05, 3.63) is 0 Å². The van der Waals surface area contributed by atoms with Crippen LogP contribution in [0, 0.1) is 11.8 Å². The molecule has 0 saturated carbocycles. The number of nitrogens with zero attached hydrogens (tertiary/aromatic N) is 2. The second-order valence-corrected chi connectivity index (χ2v) is 8.12. The van der Waals surface area contributed by atoms with Gasteiger partial charge in [-0.05, 0) is 50.6 Å². The van der Waals surface area contributed by atoms with Crippen LogP contribution in [0.15, 0.2) is 0 Å². The van der Waals surface area contributed by atoms with Gasteiger partial charge in [0.1, 0.15) is 0 Å². The molecule has 20 heavy (non-hydrogen) atoms. The smallest absolute Gasteiger partial charge is 0.211 e. The van der Waals surface area contributed by atoms with Crippen LogP contribution in [0.5, 0.6) is 0 Å². The maximum Gasteiger partial charge on any atom is 0.211 e. The summed E-state index contributed by atoms with van der Waals surface area (Å²) in [6.07, 6.45) is 5.93. The third-order valence-corrected chi connectivity index (χ3v) is 5.67. The number of likely N-dealkylation sites (tertiary alicyclic amines) is 1. The van der Waals surface area contributed by atoms with Crippen molar-refractivity contribution in [2.75, 3.05) is 45.5 Å². The lowest BCUT2D eigenvalue weighted by Gasteiger charge is -2.37. The first-order chi connectivity index (χ1) is 8.99. The van der Waals surface area contributed by atoms with Crippen molar-refractivity contribution >= 4 is 22.4 Å². The molecule has 0 aliphatic carbocycles. The summed E-state index contributed by atoms with van der Waals surface area (Å²) in [4.78, 5) is 2.48. The molecule has 120 valence electrons. The second kappa shape index (κ2) is 7.94. The van der Waals surface area contributed by atoms with Crippen LogP contribution in [-0.2, 0) is 10.0 Å². The summed E-state index contributed by atoms with van der Waals surface area (Å²) in [5.74, 6) is 1.11. The zero-order valence-electron chi connectivity index (χ0n) is 12.3. The normalized spacial score (nSPS) is 29.9. The minimum absolute atomic E-state index is 0. The first kappa shape index (κ1) is 18.2. The predicted octanol–water partition coefficient (Wildman–Crippen LogP) is 0.751. The zero-order chi connectivity index (χ0) is 13.9. The van der Waals surface area contributed by atoms with E-state index in [-0.39, 0.29) is 12.4 Å². The monoisotopic (exact) mass is 325 g/mol. The molecule has 2 heterocycles. The highest BCUT2D eigenvalue weighted by molar-refractivity contribution is 7.88. The lowest BCUT2D eigenvalue weighted by molar-refractivity contribution is 0.131. The number of piperidine rings is 2. The molecule has 0 bridgehead atoms. The molecular formula is C13H28ClN3O2S. The lowest BCUT2D eigenvalue weighted by atomic mass is 9.94. The van der Waals surface area contributed by atoms with Crippen molar-refractivity contribution < 1.29 is 8.42 Å². The van der Waals surface area contributed by atoms with Gasteiger partial charge in [-0.3, -0.25) is 0 Å². The van der Waals surface area contributed by atoms with Gasteiger partial charge >= 0.3 is 0 Å². The van der Waals surface area contributed by atoms with E-state index in [0.29, 0.717) is 24.9 Å². The Labute approximate surface area is 129 Å². The van der Waals surface area contributed by atoms with Gasteiger partial charge in [0.25, 0.3) is 0 Å². The molecule has 0 amide bonds. The average molecular weight is 326 g/mol. The fourth-order valence-electron chi connectivity index (χ4n) is 3.35. The molecule has 5 nitrogen and oxygen atoms in total. The van der Waals surface area contributed by atoms with Gasteiger partial charge in [0.15, 0.2) is 0 Å². The minimum atomic E-state index is -3.02. The van der Waals surface area contributed by atoms with Crippen molar-refractivity contribution in [3.63, 3.8) is 0 Å². The number of nitrogens with two attached hydrogens (primary N) is 1. The quantitative estimate of drug-likeness (QED) is 0.828. The first-order valence-electron chi connectivity index (χ1n) is 7.36. The van der Waals surface area contributed by atoms with Gasteiger partial charge in [-0.25, -0.2) is 12.7 Å². The summed E-state index contributed by atoms with van der Waals surface area (Å²) in [7, 11) is -3.02. The Morgan fingerprint density at radius 1 is 1.10 bits per heavy atom. The van der Waals surface area contributed by atoms with Crippen LogP contribution >= 0.6 is 12.4 Å². The summed E-state index contributed by atoms with van der Waals surface area (Å²) in [5.41, 5.74) is 5.76. The fourth-order valence-corrected chi connectivity index (χ4v) is 4.29. The fraction of sp³-hybridized carbons (Fsp3) is 1.00. The highest BCUT2D eigenvalue weighted by atomic mass is 35.5. The van der Waals surface area contributed by atoms with E-state index in [2.05, 4.69) is 4.90 Å². The SMILES string of the molecule is CS(=O)(=O)N1CCCC(CN2CCCC(CN)C2)C1.Cl. The van der Waals surface area contributed by atoms with E-state index in [1.807, 2.05) is 0 Å². The third kappa shape index (κ3) is 5.15. The van der Waals surface area contributed by atoms with Crippen molar-refractivity contribution in [3.8, 4) is 0 Å². The van der Waals surface area contributed by atoms with E-state index in [9.17, 15) is 8.42 Å². The minimum Gasteiger partial charge on any atom is -0.330 e. The molecule has 0 aromatic rings. The molecule has 2 N–H and O–H groups in total. The van der Waals surface area contributed by atoms with E-state index >= 15 is 0 Å². The van der Waals surface area contributed by atoms with E-state index in [4.69, 9.17) is 5.73 Å². The molecule has 2 fully saturated rings. The highest BCUT2D eigenvalue weighted by Gasteiger charge is 2.28. The summed E-state index contributed by atoms with van der Waals surface area (Å²) < 4.78 is 24.9. The second-order valence-electron chi connectivity index (χ2n) is 6.13. The number of hydrogen-bond acceptors (Lipinski definition) is 4. The number of rotatable bonds is 4. The molecule has 2 saturated heterocycles. The maximum atomic E-state index is 11.6. The van der Waals surface area contributed by atoms with Crippen LogP contribution in [0.2, 0.25) is 0 Å². The Kier molecular flexibility index (Phi) is 7.21. The third-order valence-electron chi connectivity index (χ3n) is 4.40. The molecular weight excluding hydrogens is 298 g/mol. The van der Waals surface area contributed by atoms with Gasteiger partial charge in [0, 0.05) is 26.2 Å². The summed E-state index contributed by atoms with van der Waals surface area (Å²) in [5, 5.41) is 0. The number of halogens is 1. The largest absolute Gasteiger partial charge is 0.330 e. The van der Waals surface area contributed by atoms with Gasteiger partial charge in [-0.15, -0.1) is 12.4 Å². The zero-order valence-corrected chi connectivity index (χ0v) is 14.0. The van der Waals surface area contributed by atoms with E-state index < -0.39 is 10.0 Å². The Morgan fingerprint density at radius 3 is 2.40 bits per heavy atom. The molecule has 0 spiro atoms. The van der Waals surface area contributed by atoms with Crippen LogP contribution in [0.3, 0.4) is 0 Å². The Balaban J connectivity index is 0.00000200. The maximum absolute atomic E-state index is 11.6. The Bertz CT molecular complexity index is 391. The lowest BCUT2D eigenvalue weighted by Crippen LogP contribution is -2.46. The van der Waals surface area contributed by atoms with Crippen molar-refractivity contribution in [1.29, 1.82) is 0 Å². The summed E-state index contributed by atoms with van der Waals surface area (Å²) in [6.45, 7) is 5.43. The molecule has 2 rings (SSSR count). The Hall–Kier alpha value is 0.120. The highest BCUT2D eigenvalue weighted by Crippen LogP contribution is 2.22. The van der Waals surface area contributed by atoms with Gasteiger partial charge in [0.05, 0.1) is 6.26 Å². The topological polar surface area (TPSA) is 66.6 Å². The molecule has 2 aliphatic heterocycles. The Morgan fingerprint density at radius 2 is 1.75 bits per heavy atom. The summed E-state index contributed by atoms with van der Waals surface area (Å²) >= 11 is 0. The van der Waals surface area contributed by atoms with Crippen LogP contribution in [0.25, 0.3) is 0 Å². The molecule has 0 aromatic heterocycles. The molecule has 2 atom stereocenters. The molecule has 0 aromatic carbocycles. The van der Waals surface area contributed by atoms with E-state index in [0.717, 1.165) is 39.0 Å². The standard InChI is InChI=1S/C13H27N3O2S.ClH/c1-19(17,18)16-7-3-5-13(11-16)10-15-6-2-4-12(8-14)9-15;/h12-13H,2-11,14H2,1H3;1H. The van der Waals surface area contributed by atoms with Gasteiger partial charge < -0.3 is 10.6 Å². The number of sulfonamides is 1. The van der Waals surface area contributed by atoms with Crippen LogP contribution in [0.4, 0.5) is 0 Å². The molecule has 0 radical (unpaired) electrons. The van der Waals surface area contributed by atoms with Crippen LogP contribution in [-0.4, -0.2) is 63.1 Å². The van der Waals surface area contributed by atoms with Gasteiger partial charge in [0.2, 0.25) is 10.0 Å². The molecule has 2 aliphatic rings. The van der Waals surface area contributed by atoms with Crippen molar-refractivity contribution in [1.82, 2.24) is 9.21 Å². The number of hydrogen-bond donors (Lipinski definition) is 1. The van der Waals surface area contributed by atoms with E-state index in [1.165, 1.54) is 19.1 Å².